The van der Waals surface area contributed by atoms with Gasteiger partial charge in [0.2, 0.25) is 0 Å². The highest BCUT2D eigenvalue weighted by molar-refractivity contribution is 6.02. The summed E-state index contributed by atoms with van der Waals surface area (Å²) in [6, 6.07) is 9.36. The van der Waals surface area contributed by atoms with Gasteiger partial charge in [0.15, 0.2) is 0 Å². The van der Waals surface area contributed by atoms with Gasteiger partial charge in [0.1, 0.15) is 0 Å². The molecule has 0 saturated carbocycles. The molecule has 0 fully saturated rings. The highest BCUT2D eigenvalue weighted by atomic mass is 16.1. The molecule has 0 atom stereocenters. The normalized spacial score (nSPS) is 11.2. The summed E-state index contributed by atoms with van der Waals surface area (Å²) in [5.41, 5.74) is 1.37. The standard InChI is InChI=1S/C14H9N5O/c20-13-10-8-17-11-5-2-1-4-9(11)12(10)18-19(13)14-15-6-3-7-16-14/h1-8,18H. The molecule has 0 spiro atoms. The van der Waals surface area contributed by atoms with Gasteiger partial charge in [0, 0.05) is 24.0 Å². The van der Waals surface area contributed by atoms with Gasteiger partial charge in [-0.3, -0.25) is 14.9 Å². The highest BCUT2D eigenvalue weighted by Gasteiger charge is 2.12. The number of H-pyrrole nitrogens is 1. The molecular formula is C14H9N5O. The van der Waals surface area contributed by atoms with Crippen molar-refractivity contribution in [2.75, 3.05) is 0 Å². The largest absolute Gasteiger partial charge is 0.287 e. The Morgan fingerprint density at radius 1 is 0.950 bits per heavy atom. The number of aromatic nitrogens is 5. The summed E-state index contributed by atoms with van der Waals surface area (Å²) < 4.78 is 1.33. The van der Waals surface area contributed by atoms with Crippen molar-refractivity contribution in [1.82, 2.24) is 24.7 Å². The summed E-state index contributed by atoms with van der Waals surface area (Å²) in [4.78, 5) is 24.9. The van der Waals surface area contributed by atoms with Crippen LogP contribution >= 0.6 is 0 Å². The van der Waals surface area contributed by atoms with E-state index in [0.29, 0.717) is 11.3 Å². The first-order valence-corrected chi connectivity index (χ1v) is 6.10. The monoisotopic (exact) mass is 263 g/mol. The van der Waals surface area contributed by atoms with Crippen molar-refractivity contribution < 1.29 is 0 Å². The quantitative estimate of drug-likeness (QED) is 0.566. The predicted octanol–water partition coefficient (Wildman–Crippen LogP) is 1.66. The van der Waals surface area contributed by atoms with E-state index in [1.54, 1.807) is 24.7 Å². The molecule has 0 aliphatic carbocycles. The lowest BCUT2D eigenvalue weighted by molar-refractivity contribution is 0.794. The van der Waals surface area contributed by atoms with Crippen LogP contribution in [0, 0.1) is 0 Å². The van der Waals surface area contributed by atoms with Gasteiger partial charge in [-0.2, -0.15) is 4.68 Å². The van der Waals surface area contributed by atoms with E-state index in [0.717, 1.165) is 16.4 Å². The highest BCUT2D eigenvalue weighted by Crippen LogP contribution is 2.19. The van der Waals surface area contributed by atoms with E-state index in [1.165, 1.54) is 4.68 Å². The van der Waals surface area contributed by atoms with Gasteiger partial charge < -0.3 is 0 Å². The fraction of sp³-hybridized carbons (Fsp3) is 0. The molecule has 0 aliphatic rings. The number of para-hydroxylation sites is 1. The average Bonchev–Trinajstić information content (AvgIpc) is 2.86. The molecule has 0 unspecified atom stereocenters. The minimum absolute atomic E-state index is 0.204. The maximum absolute atomic E-state index is 12.4. The summed E-state index contributed by atoms with van der Waals surface area (Å²) in [6.07, 6.45) is 4.77. The lowest BCUT2D eigenvalue weighted by Crippen LogP contribution is -2.16. The van der Waals surface area contributed by atoms with Crippen molar-refractivity contribution >= 4 is 21.8 Å². The van der Waals surface area contributed by atoms with Crippen molar-refractivity contribution in [2.24, 2.45) is 0 Å². The third kappa shape index (κ3) is 1.45. The Bertz CT molecular complexity index is 971. The Balaban J connectivity index is 2.13. The number of fused-ring (bicyclic) bond motifs is 3. The van der Waals surface area contributed by atoms with Crippen molar-refractivity contribution in [3.63, 3.8) is 0 Å². The second-order valence-electron chi connectivity index (χ2n) is 4.37. The lowest BCUT2D eigenvalue weighted by atomic mass is 10.2. The van der Waals surface area contributed by atoms with E-state index in [4.69, 9.17) is 0 Å². The minimum Gasteiger partial charge on any atom is -0.287 e. The zero-order chi connectivity index (χ0) is 13.5. The topological polar surface area (TPSA) is 76.5 Å². The third-order valence-corrected chi connectivity index (χ3v) is 3.18. The van der Waals surface area contributed by atoms with Crippen LogP contribution in [0.25, 0.3) is 27.8 Å². The molecule has 0 saturated heterocycles. The Hall–Kier alpha value is -3.02. The Morgan fingerprint density at radius 3 is 2.60 bits per heavy atom. The average molecular weight is 263 g/mol. The molecule has 3 heterocycles. The first kappa shape index (κ1) is 10.9. The maximum Gasteiger partial charge on any atom is 0.283 e. The molecule has 6 nitrogen and oxygen atoms in total. The Morgan fingerprint density at radius 2 is 1.75 bits per heavy atom. The maximum atomic E-state index is 12.4. The minimum atomic E-state index is -0.204. The van der Waals surface area contributed by atoms with Gasteiger partial charge in [-0.15, -0.1) is 0 Å². The van der Waals surface area contributed by atoms with Gasteiger partial charge in [0.25, 0.3) is 11.5 Å². The van der Waals surface area contributed by atoms with E-state index in [-0.39, 0.29) is 5.56 Å². The molecule has 0 aliphatic heterocycles. The molecule has 20 heavy (non-hydrogen) atoms. The van der Waals surface area contributed by atoms with Crippen LogP contribution in [0.2, 0.25) is 0 Å². The van der Waals surface area contributed by atoms with Crippen LogP contribution in [-0.4, -0.2) is 24.7 Å². The van der Waals surface area contributed by atoms with Crippen molar-refractivity contribution in [2.45, 2.75) is 0 Å². The molecule has 3 aromatic heterocycles. The summed E-state index contributed by atoms with van der Waals surface area (Å²) >= 11 is 0. The number of aromatic amines is 1. The summed E-state index contributed by atoms with van der Waals surface area (Å²) in [5.74, 6) is 0.317. The molecule has 0 amide bonds. The number of nitrogens with one attached hydrogen (secondary N) is 1. The van der Waals surface area contributed by atoms with Crippen molar-refractivity contribution in [3.8, 4) is 5.95 Å². The predicted molar refractivity (Wildman–Crippen MR) is 74.8 cm³/mol. The third-order valence-electron chi connectivity index (χ3n) is 3.18. The number of rotatable bonds is 1. The smallest absolute Gasteiger partial charge is 0.283 e. The lowest BCUT2D eigenvalue weighted by Gasteiger charge is -1.97. The van der Waals surface area contributed by atoms with Gasteiger partial charge in [-0.1, -0.05) is 18.2 Å². The second kappa shape index (κ2) is 3.99. The van der Waals surface area contributed by atoms with E-state index < -0.39 is 0 Å². The second-order valence-corrected chi connectivity index (χ2v) is 4.37. The Labute approximate surface area is 112 Å². The number of nitrogens with zero attached hydrogens (tertiary/aromatic N) is 4. The fourth-order valence-electron chi connectivity index (χ4n) is 2.25. The van der Waals surface area contributed by atoms with Gasteiger partial charge in [-0.25, -0.2) is 9.97 Å². The first-order chi connectivity index (χ1) is 9.84. The summed E-state index contributed by atoms with van der Waals surface area (Å²) in [6.45, 7) is 0. The molecule has 1 N–H and O–H groups in total. The van der Waals surface area contributed by atoms with E-state index in [2.05, 4.69) is 20.1 Å². The summed E-state index contributed by atoms with van der Waals surface area (Å²) in [7, 11) is 0. The van der Waals surface area contributed by atoms with Crippen molar-refractivity contribution in [1.29, 1.82) is 0 Å². The van der Waals surface area contributed by atoms with E-state index in [9.17, 15) is 4.79 Å². The molecule has 96 valence electrons. The van der Waals surface area contributed by atoms with Crippen LogP contribution in [0.4, 0.5) is 0 Å². The number of hydrogen-bond acceptors (Lipinski definition) is 4. The molecule has 6 heteroatoms. The number of pyridine rings is 1. The van der Waals surface area contributed by atoms with E-state index in [1.807, 2.05) is 24.3 Å². The van der Waals surface area contributed by atoms with Crippen LogP contribution in [0.5, 0.6) is 0 Å². The molecule has 0 radical (unpaired) electrons. The number of hydrogen-bond donors (Lipinski definition) is 1. The van der Waals surface area contributed by atoms with Crippen molar-refractivity contribution in [3.05, 3.63) is 59.3 Å². The fourth-order valence-corrected chi connectivity index (χ4v) is 2.25. The van der Waals surface area contributed by atoms with Gasteiger partial charge in [-0.05, 0) is 12.1 Å². The molecule has 0 bridgehead atoms. The van der Waals surface area contributed by atoms with Crippen LogP contribution in [0.3, 0.4) is 0 Å². The zero-order valence-electron chi connectivity index (χ0n) is 10.3. The van der Waals surface area contributed by atoms with Gasteiger partial charge >= 0.3 is 0 Å². The van der Waals surface area contributed by atoms with E-state index >= 15 is 0 Å². The first-order valence-electron chi connectivity index (χ1n) is 6.10. The summed E-state index contributed by atoms with van der Waals surface area (Å²) in [5, 5.41) is 4.49. The van der Waals surface area contributed by atoms with Gasteiger partial charge in [0.05, 0.1) is 16.4 Å². The van der Waals surface area contributed by atoms with Crippen LogP contribution < -0.4 is 5.56 Å². The molecular weight excluding hydrogens is 254 g/mol. The van der Waals surface area contributed by atoms with Crippen LogP contribution in [0.1, 0.15) is 0 Å². The van der Waals surface area contributed by atoms with Crippen LogP contribution in [-0.2, 0) is 0 Å². The molecule has 4 aromatic rings. The van der Waals surface area contributed by atoms with Crippen LogP contribution in [0.15, 0.2) is 53.7 Å². The number of benzene rings is 1. The Kier molecular flexibility index (Phi) is 2.17. The molecule has 4 rings (SSSR count). The SMILES string of the molecule is O=c1c2cnc3ccccc3c2[nH]n1-c1ncccn1. The molecule has 1 aromatic carbocycles. The zero-order valence-corrected chi connectivity index (χ0v) is 10.3.